The Morgan fingerprint density at radius 3 is 2.43 bits per heavy atom. The number of halogens is 2. The van der Waals surface area contributed by atoms with Crippen LogP contribution >= 0.6 is 15.9 Å². The average molecular weight is 352 g/mol. The van der Waals surface area contributed by atoms with E-state index in [9.17, 15) is 9.18 Å². The van der Waals surface area contributed by atoms with Gasteiger partial charge in [-0.2, -0.15) is 0 Å². The first-order chi connectivity index (χ1) is 10.1. The van der Waals surface area contributed by atoms with Gasteiger partial charge >= 0.3 is 0 Å². The number of carbonyl (C=O) groups excluding carboxylic acids is 1. The van der Waals surface area contributed by atoms with Crippen molar-refractivity contribution in [2.75, 3.05) is 18.9 Å². The van der Waals surface area contributed by atoms with E-state index in [0.717, 1.165) is 6.07 Å². The quantitative estimate of drug-likeness (QED) is 0.666. The normalized spacial score (nSPS) is 13.0. The molecule has 0 atom stereocenters. The molecule has 0 fully saturated rings. The summed E-state index contributed by atoms with van der Waals surface area (Å²) in [6, 6.07) is 6.98. The van der Waals surface area contributed by atoms with Gasteiger partial charge in [-0.15, -0.1) is 0 Å². The Balaban J connectivity index is 2.05. The Hall–Kier alpha value is -2.08. The molecule has 0 spiro atoms. The van der Waals surface area contributed by atoms with Gasteiger partial charge in [-0.3, -0.25) is 4.79 Å². The molecule has 0 aromatic heterocycles. The second kappa shape index (κ2) is 5.37. The Morgan fingerprint density at radius 2 is 1.76 bits per heavy atom. The predicted octanol–water partition coefficient (Wildman–Crippen LogP) is 3.17. The molecule has 2 aromatic rings. The summed E-state index contributed by atoms with van der Waals surface area (Å²) >= 11 is 3.34. The van der Waals surface area contributed by atoms with E-state index in [0.29, 0.717) is 34.7 Å². The molecule has 108 valence electrons. The number of ether oxygens (including phenoxy) is 2. The number of benzene rings is 2. The number of hydrogen-bond acceptors (Lipinski definition) is 4. The van der Waals surface area contributed by atoms with Crippen LogP contribution in [0.25, 0.3) is 0 Å². The monoisotopic (exact) mass is 351 g/mol. The first-order valence-electron chi connectivity index (χ1n) is 6.25. The van der Waals surface area contributed by atoms with Gasteiger partial charge in [0.05, 0.1) is 0 Å². The van der Waals surface area contributed by atoms with Crippen LogP contribution in [0, 0.1) is 5.82 Å². The second-order valence-corrected chi connectivity index (χ2v) is 5.39. The zero-order valence-corrected chi connectivity index (χ0v) is 12.4. The maximum atomic E-state index is 13.1. The molecule has 6 heteroatoms. The molecular formula is C15H11BrFNO3. The smallest absolute Gasteiger partial charge is 0.196 e. The lowest BCUT2D eigenvalue weighted by Gasteiger charge is -2.19. The summed E-state index contributed by atoms with van der Waals surface area (Å²) in [4.78, 5) is 12.6. The molecule has 0 saturated carbocycles. The third-order valence-corrected chi connectivity index (χ3v) is 3.79. The van der Waals surface area contributed by atoms with Crippen molar-refractivity contribution in [1.29, 1.82) is 0 Å². The van der Waals surface area contributed by atoms with Crippen LogP contribution in [0.1, 0.15) is 15.9 Å². The Kier molecular flexibility index (Phi) is 3.55. The highest BCUT2D eigenvalue weighted by molar-refractivity contribution is 9.10. The molecule has 0 radical (unpaired) electrons. The Bertz CT molecular complexity index is 733. The van der Waals surface area contributed by atoms with Gasteiger partial charge in [-0.05, 0) is 46.3 Å². The highest BCUT2D eigenvalue weighted by Crippen LogP contribution is 2.36. The number of hydrogen-bond donors (Lipinski definition) is 1. The van der Waals surface area contributed by atoms with Gasteiger partial charge < -0.3 is 15.2 Å². The molecular weight excluding hydrogens is 341 g/mol. The topological polar surface area (TPSA) is 61.6 Å². The van der Waals surface area contributed by atoms with Crippen molar-refractivity contribution in [1.82, 2.24) is 0 Å². The maximum Gasteiger partial charge on any atom is 0.196 e. The lowest BCUT2D eigenvalue weighted by molar-refractivity contribution is 0.103. The van der Waals surface area contributed by atoms with Crippen molar-refractivity contribution in [3.8, 4) is 11.5 Å². The van der Waals surface area contributed by atoms with Crippen LogP contribution in [0.15, 0.2) is 34.8 Å². The van der Waals surface area contributed by atoms with Gasteiger partial charge in [-0.25, -0.2) is 4.39 Å². The standard InChI is InChI=1S/C15H11BrFNO3/c16-11-7-14-13(20-3-4-21-14)6-10(11)15(19)9-2-1-8(17)5-12(9)18/h1-2,5-7H,3-4,18H2. The summed E-state index contributed by atoms with van der Waals surface area (Å²) < 4.78 is 24.6. The van der Waals surface area contributed by atoms with Gasteiger partial charge in [0.1, 0.15) is 19.0 Å². The molecule has 1 heterocycles. The van der Waals surface area contributed by atoms with Crippen molar-refractivity contribution < 1.29 is 18.7 Å². The first-order valence-corrected chi connectivity index (χ1v) is 7.04. The molecule has 3 rings (SSSR count). The largest absolute Gasteiger partial charge is 0.486 e. The molecule has 4 nitrogen and oxygen atoms in total. The fraction of sp³-hybridized carbons (Fsp3) is 0.133. The van der Waals surface area contributed by atoms with Crippen LogP contribution in [0.2, 0.25) is 0 Å². The minimum absolute atomic E-state index is 0.0989. The Labute approximate surface area is 128 Å². The van der Waals surface area contributed by atoms with E-state index in [1.807, 2.05) is 0 Å². The third-order valence-electron chi connectivity index (χ3n) is 3.13. The first kappa shape index (κ1) is 13.9. The molecule has 0 aliphatic carbocycles. The van der Waals surface area contributed by atoms with Crippen molar-refractivity contribution in [2.45, 2.75) is 0 Å². The second-order valence-electron chi connectivity index (χ2n) is 4.54. The molecule has 1 aliphatic heterocycles. The van der Waals surface area contributed by atoms with E-state index >= 15 is 0 Å². The Morgan fingerprint density at radius 1 is 1.10 bits per heavy atom. The van der Waals surface area contributed by atoms with Gasteiger partial charge in [-0.1, -0.05) is 0 Å². The highest BCUT2D eigenvalue weighted by Gasteiger charge is 2.21. The van der Waals surface area contributed by atoms with Gasteiger partial charge in [0.15, 0.2) is 17.3 Å². The number of nitrogens with two attached hydrogens (primary N) is 1. The SMILES string of the molecule is Nc1cc(F)ccc1C(=O)c1cc2c(cc1Br)OCCO2. The number of carbonyl (C=O) groups is 1. The molecule has 2 N–H and O–H groups in total. The number of nitrogen functional groups attached to an aromatic ring is 1. The van der Waals surface area contributed by atoms with Gasteiger partial charge in [0.2, 0.25) is 0 Å². The van der Waals surface area contributed by atoms with E-state index in [2.05, 4.69) is 15.9 Å². The van der Waals surface area contributed by atoms with E-state index < -0.39 is 5.82 Å². The van der Waals surface area contributed by atoms with Crippen LogP contribution in [0.3, 0.4) is 0 Å². The molecule has 21 heavy (non-hydrogen) atoms. The fourth-order valence-corrected chi connectivity index (χ4v) is 2.63. The van der Waals surface area contributed by atoms with Crippen LogP contribution in [0.5, 0.6) is 11.5 Å². The summed E-state index contributed by atoms with van der Waals surface area (Å²) in [6.07, 6.45) is 0. The molecule has 0 amide bonds. The molecule has 0 unspecified atom stereocenters. The summed E-state index contributed by atoms with van der Waals surface area (Å²) in [7, 11) is 0. The number of rotatable bonds is 2. The summed E-state index contributed by atoms with van der Waals surface area (Å²) in [5.74, 6) is 0.298. The summed E-state index contributed by atoms with van der Waals surface area (Å²) in [6.45, 7) is 0.901. The zero-order chi connectivity index (χ0) is 15.0. The zero-order valence-electron chi connectivity index (χ0n) is 10.9. The van der Waals surface area contributed by atoms with Crippen LogP contribution in [-0.4, -0.2) is 19.0 Å². The van der Waals surface area contributed by atoms with Crippen molar-refractivity contribution in [3.63, 3.8) is 0 Å². The summed E-state index contributed by atoms with van der Waals surface area (Å²) in [5, 5.41) is 0. The van der Waals surface area contributed by atoms with Crippen molar-refractivity contribution >= 4 is 27.4 Å². The van der Waals surface area contributed by atoms with E-state index in [1.165, 1.54) is 12.1 Å². The number of anilines is 1. The van der Waals surface area contributed by atoms with Crippen molar-refractivity contribution in [3.05, 3.63) is 51.7 Å². The van der Waals surface area contributed by atoms with E-state index in [1.54, 1.807) is 12.1 Å². The molecule has 0 bridgehead atoms. The van der Waals surface area contributed by atoms with Gasteiger partial charge in [0, 0.05) is 21.3 Å². The molecule has 0 saturated heterocycles. The highest BCUT2D eigenvalue weighted by atomic mass is 79.9. The lowest BCUT2D eigenvalue weighted by atomic mass is 10.0. The van der Waals surface area contributed by atoms with E-state index in [-0.39, 0.29) is 17.0 Å². The molecule has 2 aromatic carbocycles. The third kappa shape index (κ3) is 2.58. The fourth-order valence-electron chi connectivity index (χ4n) is 2.12. The molecule has 1 aliphatic rings. The van der Waals surface area contributed by atoms with Crippen LogP contribution in [0.4, 0.5) is 10.1 Å². The number of ketones is 1. The minimum Gasteiger partial charge on any atom is -0.486 e. The maximum absolute atomic E-state index is 13.1. The minimum atomic E-state index is -0.481. The lowest BCUT2D eigenvalue weighted by Crippen LogP contribution is -2.16. The van der Waals surface area contributed by atoms with Crippen molar-refractivity contribution in [2.24, 2.45) is 0 Å². The van der Waals surface area contributed by atoms with Crippen LogP contribution < -0.4 is 15.2 Å². The predicted molar refractivity (Wildman–Crippen MR) is 79.4 cm³/mol. The van der Waals surface area contributed by atoms with E-state index in [4.69, 9.17) is 15.2 Å². The van der Waals surface area contributed by atoms with Gasteiger partial charge in [0.25, 0.3) is 0 Å². The number of fused-ring (bicyclic) bond motifs is 1. The van der Waals surface area contributed by atoms with Crippen LogP contribution in [-0.2, 0) is 0 Å². The summed E-state index contributed by atoms with van der Waals surface area (Å²) in [5.41, 5.74) is 6.45. The average Bonchev–Trinajstić information content (AvgIpc) is 2.46.